The van der Waals surface area contributed by atoms with Gasteiger partial charge in [0.1, 0.15) is 6.54 Å². The molecule has 0 bridgehead atoms. The van der Waals surface area contributed by atoms with Crippen molar-refractivity contribution in [3.8, 4) is 0 Å². The summed E-state index contributed by atoms with van der Waals surface area (Å²) in [4.78, 5) is 12.7. The van der Waals surface area contributed by atoms with Gasteiger partial charge in [0.2, 0.25) is 15.9 Å². The van der Waals surface area contributed by atoms with E-state index in [1.54, 1.807) is 12.1 Å². The van der Waals surface area contributed by atoms with Gasteiger partial charge in [-0.1, -0.05) is 55.8 Å². The Labute approximate surface area is 168 Å². The van der Waals surface area contributed by atoms with Crippen LogP contribution in [0.4, 0.5) is 5.69 Å². The van der Waals surface area contributed by atoms with Crippen LogP contribution >= 0.6 is 0 Å². The molecule has 2 aromatic rings. The van der Waals surface area contributed by atoms with Gasteiger partial charge in [0, 0.05) is 0 Å². The summed E-state index contributed by atoms with van der Waals surface area (Å²) in [6.07, 6.45) is 1.13. The number of hydrogen-bond acceptors (Lipinski definition) is 3. The molecule has 0 aliphatic heterocycles. The Bertz CT molecular complexity index is 952. The van der Waals surface area contributed by atoms with E-state index in [1.165, 1.54) is 4.31 Å². The zero-order valence-corrected chi connectivity index (χ0v) is 18.3. The Morgan fingerprint density at radius 1 is 1.04 bits per heavy atom. The quantitative estimate of drug-likeness (QED) is 0.759. The van der Waals surface area contributed by atoms with Crippen molar-refractivity contribution in [1.29, 1.82) is 0 Å². The van der Waals surface area contributed by atoms with E-state index in [4.69, 9.17) is 0 Å². The van der Waals surface area contributed by atoms with Crippen molar-refractivity contribution in [3.63, 3.8) is 0 Å². The SMILES string of the molecule is Cc1ccc([C@@H](C)NC(=O)CN(c2ccccc2C(C)C)S(C)(=O)=O)c(C)c1. The minimum Gasteiger partial charge on any atom is -0.348 e. The average molecular weight is 403 g/mol. The van der Waals surface area contributed by atoms with Crippen LogP contribution in [0.3, 0.4) is 0 Å². The van der Waals surface area contributed by atoms with Crippen LogP contribution in [0.15, 0.2) is 42.5 Å². The molecular weight excluding hydrogens is 372 g/mol. The van der Waals surface area contributed by atoms with Gasteiger partial charge in [-0.15, -0.1) is 0 Å². The molecule has 0 spiro atoms. The molecule has 0 fully saturated rings. The summed E-state index contributed by atoms with van der Waals surface area (Å²) in [5.74, 6) is -0.200. The van der Waals surface area contributed by atoms with E-state index in [9.17, 15) is 13.2 Å². The third-order valence-corrected chi connectivity index (χ3v) is 5.91. The summed E-state index contributed by atoms with van der Waals surface area (Å²) < 4.78 is 26.1. The topological polar surface area (TPSA) is 66.5 Å². The van der Waals surface area contributed by atoms with Crippen molar-refractivity contribution in [1.82, 2.24) is 5.32 Å². The number of nitrogens with one attached hydrogen (secondary N) is 1. The maximum Gasteiger partial charge on any atom is 0.241 e. The zero-order valence-electron chi connectivity index (χ0n) is 17.5. The smallest absolute Gasteiger partial charge is 0.241 e. The maximum atomic E-state index is 12.7. The number of benzene rings is 2. The van der Waals surface area contributed by atoms with Gasteiger partial charge in [-0.3, -0.25) is 9.10 Å². The first-order valence-electron chi connectivity index (χ1n) is 9.44. The molecule has 152 valence electrons. The van der Waals surface area contributed by atoms with Crippen LogP contribution in [0.2, 0.25) is 0 Å². The first kappa shape index (κ1) is 22.0. The lowest BCUT2D eigenvalue weighted by Crippen LogP contribution is -2.41. The lowest BCUT2D eigenvalue weighted by molar-refractivity contribution is -0.120. The maximum absolute atomic E-state index is 12.7. The molecule has 0 unspecified atom stereocenters. The van der Waals surface area contributed by atoms with E-state index in [0.29, 0.717) is 5.69 Å². The molecule has 0 aliphatic carbocycles. The Hall–Kier alpha value is -2.34. The van der Waals surface area contributed by atoms with Crippen molar-refractivity contribution in [2.75, 3.05) is 17.1 Å². The fourth-order valence-corrected chi connectivity index (χ4v) is 4.27. The molecule has 0 saturated carbocycles. The van der Waals surface area contributed by atoms with Gasteiger partial charge >= 0.3 is 0 Å². The molecule has 6 heteroatoms. The largest absolute Gasteiger partial charge is 0.348 e. The number of carbonyl (C=O) groups is 1. The molecule has 1 atom stereocenters. The van der Waals surface area contributed by atoms with Gasteiger partial charge in [0.15, 0.2) is 0 Å². The second-order valence-electron chi connectivity index (χ2n) is 7.63. The van der Waals surface area contributed by atoms with Crippen LogP contribution in [0.25, 0.3) is 0 Å². The van der Waals surface area contributed by atoms with E-state index in [-0.39, 0.29) is 24.4 Å². The summed E-state index contributed by atoms with van der Waals surface area (Å²) in [6, 6.07) is 13.2. The molecule has 0 aromatic heterocycles. The van der Waals surface area contributed by atoms with Crippen LogP contribution in [0.5, 0.6) is 0 Å². The molecule has 2 rings (SSSR count). The number of nitrogens with zero attached hydrogens (tertiary/aromatic N) is 1. The molecule has 2 aromatic carbocycles. The molecule has 5 nitrogen and oxygen atoms in total. The standard InChI is InChI=1S/C22H30N2O3S/c1-15(2)19-9-7-8-10-21(19)24(28(6,26)27)14-22(25)23-18(5)20-12-11-16(3)13-17(20)4/h7-13,15,18H,14H2,1-6H3,(H,23,25)/t18-/m1/s1. The number of para-hydroxylation sites is 1. The van der Waals surface area contributed by atoms with Crippen molar-refractivity contribution < 1.29 is 13.2 Å². The zero-order chi connectivity index (χ0) is 21.1. The normalized spacial score (nSPS) is 12.7. The lowest BCUT2D eigenvalue weighted by atomic mass is 10.00. The number of sulfonamides is 1. The summed E-state index contributed by atoms with van der Waals surface area (Å²) >= 11 is 0. The Morgan fingerprint density at radius 2 is 1.68 bits per heavy atom. The Morgan fingerprint density at radius 3 is 2.25 bits per heavy atom. The number of amides is 1. The van der Waals surface area contributed by atoms with Crippen LogP contribution in [0.1, 0.15) is 55.0 Å². The molecule has 1 amide bonds. The fourth-order valence-electron chi connectivity index (χ4n) is 3.39. The summed E-state index contributed by atoms with van der Waals surface area (Å²) in [6.45, 7) is 9.69. The Kier molecular flexibility index (Phi) is 6.88. The highest BCUT2D eigenvalue weighted by Crippen LogP contribution is 2.29. The van der Waals surface area contributed by atoms with E-state index < -0.39 is 10.0 Å². The predicted molar refractivity (Wildman–Crippen MR) is 115 cm³/mol. The van der Waals surface area contributed by atoms with E-state index in [1.807, 2.05) is 58.9 Å². The lowest BCUT2D eigenvalue weighted by Gasteiger charge is -2.26. The van der Waals surface area contributed by atoms with Crippen LogP contribution in [0, 0.1) is 13.8 Å². The van der Waals surface area contributed by atoms with E-state index in [2.05, 4.69) is 11.4 Å². The van der Waals surface area contributed by atoms with Crippen molar-refractivity contribution in [2.45, 2.75) is 46.6 Å². The van der Waals surface area contributed by atoms with E-state index >= 15 is 0 Å². The van der Waals surface area contributed by atoms with Gasteiger partial charge in [0.25, 0.3) is 0 Å². The van der Waals surface area contributed by atoms with Gasteiger partial charge in [-0.2, -0.15) is 0 Å². The molecule has 0 heterocycles. The third-order valence-electron chi connectivity index (χ3n) is 4.78. The minimum atomic E-state index is -3.61. The number of carbonyl (C=O) groups excluding carboxylic acids is 1. The summed E-state index contributed by atoms with van der Waals surface area (Å²) in [7, 11) is -3.61. The van der Waals surface area contributed by atoms with Gasteiger partial charge in [0.05, 0.1) is 18.0 Å². The highest BCUT2D eigenvalue weighted by atomic mass is 32.2. The van der Waals surface area contributed by atoms with Crippen LogP contribution in [-0.2, 0) is 14.8 Å². The minimum absolute atomic E-state index is 0.137. The second-order valence-corrected chi connectivity index (χ2v) is 9.54. The van der Waals surface area contributed by atoms with Crippen LogP contribution in [-0.4, -0.2) is 27.1 Å². The molecule has 1 N–H and O–H groups in total. The third kappa shape index (κ3) is 5.35. The van der Waals surface area contributed by atoms with Crippen molar-refractivity contribution >= 4 is 21.6 Å². The molecule has 0 radical (unpaired) electrons. The summed E-state index contributed by atoms with van der Waals surface area (Å²) in [5, 5.41) is 2.93. The summed E-state index contributed by atoms with van der Waals surface area (Å²) in [5.41, 5.74) is 4.72. The van der Waals surface area contributed by atoms with Crippen molar-refractivity contribution in [2.24, 2.45) is 0 Å². The van der Waals surface area contributed by atoms with Gasteiger partial charge in [-0.05, 0) is 49.4 Å². The average Bonchev–Trinajstić information content (AvgIpc) is 2.58. The van der Waals surface area contributed by atoms with Crippen molar-refractivity contribution in [3.05, 3.63) is 64.7 Å². The highest BCUT2D eigenvalue weighted by Gasteiger charge is 2.24. The number of rotatable bonds is 7. The molecule has 0 aliphatic rings. The monoisotopic (exact) mass is 402 g/mol. The molecular formula is C22H30N2O3S. The second kappa shape index (κ2) is 8.78. The number of hydrogen-bond donors (Lipinski definition) is 1. The first-order chi connectivity index (χ1) is 13.0. The van der Waals surface area contributed by atoms with Gasteiger partial charge in [-0.25, -0.2) is 8.42 Å². The predicted octanol–water partition coefficient (Wildman–Crippen LogP) is 4.07. The molecule has 0 saturated heterocycles. The number of anilines is 1. The Balaban J connectivity index is 2.25. The molecule has 28 heavy (non-hydrogen) atoms. The number of aryl methyl sites for hydroxylation is 2. The van der Waals surface area contributed by atoms with Gasteiger partial charge < -0.3 is 5.32 Å². The highest BCUT2D eigenvalue weighted by molar-refractivity contribution is 7.92. The van der Waals surface area contributed by atoms with Crippen LogP contribution < -0.4 is 9.62 Å². The fraction of sp³-hybridized carbons (Fsp3) is 0.409. The first-order valence-corrected chi connectivity index (χ1v) is 11.3. The van der Waals surface area contributed by atoms with E-state index in [0.717, 1.165) is 28.5 Å².